The monoisotopic (exact) mass is 171 g/mol. The number of carbonyl (C=O) groups is 2. The van der Waals surface area contributed by atoms with E-state index in [1.54, 1.807) is 0 Å². The molecule has 64 valence electrons. The van der Waals surface area contributed by atoms with E-state index in [0.717, 1.165) is 0 Å². The fourth-order valence-electron chi connectivity index (χ4n) is 0.219. The molecule has 0 rings (SSSR count). The molecule has 7 heteroatoms. The van der Waals surface area contributed by atoms with Crippen LogP contribution in [-0.4, -0.2) is 24.7 Å². The predicted molar refractivity (Wildman–Crippen MR) is 26.2 cm³/mol. The fourth-order valence-corrected chi connectivity index (χ4v) is 0.219. The topological polar surface area (TPSA) is 69.4 Å². The zero-order valence-electron chi connectivity index (χ0n) is 5.14. The number of halogens is 3. The molecular weight excluding hydrogens is 167 g/mol. The Morgan fingerprint density at radius 2 is 1.82 bits per heavy atom. The minimum absolute atomic E-state index is 1.06. The highest BCUT2D eigenvalue weighted by Gasteiger charge is 2.41. The molecule has 0 aliphatic heterocycles. The van der Waals surface area contributed by atoms with Crippen molar-refractivity contribution < 1.29 is 27.5 Å². The summed E-state index contributed by atoms with van der Waals surface area (Å²) in [6.07, 6.45) is -5.07. The normalized spacial score (nSPS) is 10.8. The number of nitrogens with two attached hydrogens (primary N) is 1. The van der Waals surface area contributed by atoms with Crippen LogP contribution in [0.3, 0.4) is 0 Å². The van der Waals surface area contributed by atoms with Crippen LogP contribution in [0, 0.1) is 0 Å². The Hall–Kier alpha value is -1.27. The minimum atomic E-state index is -5.07. The van der Waals surface area contributed by atoms with Gasteiger partial charge in [-0.3, -0.25) is 4.79 Å². The van der Waals surface area contributed by atoms with Crippen molar-refractivity contribution in [1.29, 1.82) is 0 Å². The molecule has 2 N–H and O–H groups in total. The second-order valence-electron chi connectivity index (χ2n) is 1.54. The van der Waals surface area contributed by atoms with Gasteiger partial charge in [0, 0.05) is 0 Å². The number of carbonyl (C=O) groups excluding carboxylic acids is 2. The number of rotatable bonds is 2. The van der Waals surface area contributed by atoms with Crippen LogP contribution in [0.4, 0.5) is 13.2 Å². The van der Waals surface area contributed by atoms with Crippen LogP contribution in [0.1, 0.15) is 0 Å². The number of hydrogen-bond donors (Lipinski definition) is 1. The van der Waals surface area contributed by atoms with Gasteiger partial charge >= 0.3 is 12.1 Å². The van der Waals surface area contributed by atoms with Gasteiger partial charge < -0.3 is 10.5 Å². The second-order valence-corrected chi connectivity index (χ2v) is 1.54. The Balaban J connectivity index is 3.80. The molecule has 0 aliphatic carbocycles. The number of primary amides is 1. The van der Waals surface area contributed by atoms with Crippen molar-refractivity contribution in [3.63, 3.8) is 0 Å². The van der Waals surface area contributed by atoms with Crippen molar-refractivity contribution in [2.45, 2.75) is 6.18 Å². The van der Waals surface area contributed by atoms with Gasteiger partial charge in [0.25, 0.3) is 5.91 Å². The summed E-state index contributed by atoms with van der Waals surface area (Å²) in [6, 6.07) is 0. The standard InChI is InChI=1S/C4H4F3NO3/c5-4(6,7)3(10)11-1-2(8)9/h1H2,(H2,8,9). The van der Waals surface area contributed by atoms with Gasteiger partial charge in [-0.05, 0) is 0 Å². The van der Waals surface area contributed by atoms with Gasteiger partial charge in [-0.2, -0.15) is 13.2 Å². The molecule has 4 nitrogen and oxygen atoms in total. The fraction of sp³-hybridized carbons (Fsp3) is 0.500. The summed E-state index contributed by atoms with van der Waals surface area (Å²) in [5.74, 6) is -3.56. The summed E-state index contributed by atoms with van der Waals surface area (Å²) in [6.45, 7) is -1.06. The number of ether oxygens (including phenoxy) is 1. The molecule has 0 fully saturated rings. The lowest BCUT2D eigenvalue weighted by atomic mass is 10.6. The van der Waals surface area contributed by atoms with Gasteiger partial charge in [0.05, 0.1) is 0 Å². The number of esters is 1. The summed E-state index contributed by atoms with van der Waals surface area (Å²) in [5.41, 5.74) is 4.40. The smallest absolute Gasteiger partial charge is 0.449 e. The van der Waals surface area contributed by atoms with Crippen LogP contribution in [0.2, 0.25) is 0 Å². The SMILES string of the molecule is NC(=O)COC(=O)C(F)(F)F. The van der Waals surface area contributed by atoms with Gasteiger partial charge in [0.2, 0.25) is 0 Å². The zero-order chi connectivity index (χ0) is 9.07. The van der Waals surface area contributed by atoms with E-state index in [4.69, 9.17) is 0 Å². The maximum absolute atomic E-state index is 11.3. The van der Waals surface area contributed by atoms with Crippen molar-refractivity contribution in [1.82, 2.24) is 0 Å². The molecular formula is C4H4F3NO3. The lowest BCUT2D eigenvalue weighted by Crippen LogP contribution is -2.29. The van der Waals surface area contributed by atoms with Gasteiger partial charge in [0.15, 0.2) is 6.61 Å². The molecule has 0 unspecified atom stereocenters. The van der Waals surface area contributed by atoms with Crippen molar-refractivity contribution in [3.05, 3.63) is 0 Å². The zero-order valence-corrected chi connectivity index (χ0v) is 5.14. The number of alkyl halides is 3. The molecule has 0 radical (unpaired) electrons. The number of amides is 1. The molecule has 0 saturated heterocycles. The third kappa shape index (κ3) is 4.18. The summed E-state index contributed by atoms with van der Waals surface area (Å²) in [4.78, 5) is 19.6. The molecule has 0 aromatic carbocycles. The van der Waals surface area contributed by atoms with Crippen LogP contribution in [0.5, 0.6) is 0 Å². The van der Waals surface area contributed by atoms with Crippen molar-refractivity contribution in [2.75, 3.05) is 6.61 Å². The first-order valence-electron chi connectivity index (χ1n) is 2.36. The van der Waals surface area contributed by atoms with Gasteiger partial charge in [-0.15, -0.1) is 0 Å². The molecule has 0 heterocycles. The Bertz CT molecular complexity index is 176. The van der Waals surface area contributed by atoms with E-state index in [-0.39, 0.29) is 0 Å². The maximum Gasteiger partial charge on any atom is 0.490 e. The molecule has 0 aromatic heterocycles. The summed E-state index contributed by atoms with van der Waals surface area (Å²) in [5, 5.41) is 0. The van der Waals surface area contributed by atoms with Crippen LogP contribution in [0.15, 0.2) is 0 Å². The Kier molecular flexibility index (Phi) is 2.85. The molecule has 0 bridgehead atoms. The Morgan fingerprint density at radius 3 is 2.09 bits per heavy atom. The van der Waals surface area contributed by atoms with Crippen LogP contribution in [-0.2, 0) is 14.3 Å². The lowest BCUT2D eigenvalue weighted by molar-refractivity contribution is -0.199. The first-order chi connectivity index (χ1) is 4.84. The van der Waals surface area contributed by atoms with Crippen molar-refractivity contribution in [2.24, 2.45) is 5.73 Å². The average molecular weight is 171 g/mol. The van der Waals surface area contributed by atoms with Crippen molar-refractivity contribution in [3.8, 4) is 0 Å². The molecule has 0 saturated carbocycles. The highest BCUT2D eigenvalue weighted by molar-refractivity contribution is 5.81. The van der Waals surface area contributed by atoms with E-state index >= 15 is 0 Å². The molecule has 0 spiro atoms. The third-order valence-corrected chi connectivity index (χ3v) is 0.577. The summed E-state index contributed by atoms with van der Waals surface area (Å²) in [7, 11) is 0. The van der Waals surface area contributed by atoms with E-state index in [2.05, 4.69) is 10.5 Å². The average Bonchev–Trinajstić information content (AvgIpc) is 1.80. The van der Waals surface area contributed by atoms with E-state index in [1.807, 2.05) is 0 Å². The first-order valence-corrected chi connectivity index (χ1v) is 2.36. The Morgan fingerprint density at radius 1 is 1.36 bits per heavy atom. The first kappa shape index (κ1) is 9.73. The van der Waals surface area contributed by atoms with E-state index in [0.29, 0.717) is 0 Å². The van der Waals surface area contributed by atoms with E-state index in [1.165, 1.54) is 0 Å². The van der Waals surface area contributed by atoms with Crippen molar-refractivity contribution >= 4 is 11.9 Å². The molecule has 0 atom stereocenters. The molecule has 0 aliphatic rings. The maximum atomic E-state index is 11.3. The molecule has 0 aromatic rings. The van der Waals surface area contributed by atoms with Gasteiger partial charge in [0.1, 0.15) is 0 Å². The summed E-state index contributed by atoms with van der Waals surface area (Å²) >= 11 is 0. The highest BCUT2D eigenvalue weighted by Crippen LogP contribution is 2.15. The van der Waals surface area contributed by atoms with Crippen LogP contribution in [0.25, 0.3) is 0 Å². The van der Waals surface area contributed by atoms with Crippen LogP contribution >= 0.6 is 0 Å². The van der Waals surface area contributed by atoms with Crippen LogP contribution < -0.4 is 5.73 Å². The van der Waals surface area contributed by atoms with E-state index in [9.17, 15) is 22.8 Å². The predicted octanol–water partition coefficient (Wildman–Crippen LogP) is -0.423. The van der Waals surface area contributed by atoms with E-state index < -0.39 is 24.7 Å². The van der Waals surface area contributed by atoms with Gasteiger partial charge in [-0.1, -0.05) is 0 Å². The number of hydrogen-bond acceptors (Lipinski definition) is 3. The quantitative estimate of drug-likeness (QED) is 0.573. The summed E-state index contributed by atoms with van der Waals surface area (Å²) < 4.78 is 37.2. The Labute approximate surface area is 59.1 Å². The molecule has 11 heavy (non-hydrogen) atoms. The molecule has 1 amide bonds. The third-order valence-electron chi connectivity index (χ3n) is 0.577. The minimum Gasteiger partial charge on any atom is -0.449 e. The highest BCUT2D eigenvalue weighted by atomic mass is 19.4. The van der Waals surface area contributed by atoms with Gasteiger partial charge in [-0.25, -0.2) is 4.79 Å². The lowest BCUT2D eigenvalue weighted by Gasteiger charge is -2.03. The largest absolute Gasteiger partial charge is 0.490 e. The second kappa shape index (κ2) is 3.22.